The summed E-state index contributed by atoms with van der Waals surface area (Å²) in [7, 11) is 1.83. The first-order valence-electron chi connectivity index (χ1n) is 5.85. The number of hydrogen-bond donors (Lipinski definition) is 1. The van der Waals surface area contributed by atoms with Crippen molar-refractivity contribution in [2.24, 2.45) is 0 Å². The van der Waals surface area contributed by atoms with Gasteiger partial charge in [-0.2, -0.15) is 0 Å². The molecule has 3 heteroatoms. The fraction of sp³-hybridized carbons (Fsp3) is 0.286. The average Bonchev–Trinajstić information content (AvgIpc) is 2.39. The Kier molecular flexibility index (Phi) is 3.38. The topological polar surface area (TPSA) is 37.8 Å². The van der Waals surface area contributed by atoms with Crippen LogP contribution in [0.5, 0.6) is 0 Å². The molecule has 0 aliphatic rings. The van der Waals surface area contributed by atoms with Crippen molar-refractivity contribution in [3.8, 4) is 11.3 Å². The monoisotopic (exact) mass is 227 g/mol. The van der Waals surface area contributed by atoms with E-state index in [4.69, 9.17) is 0 Å². The molecular formula is C14H17N3. The third-order valence-corrected chi connectivity index (χ3v) is 2.83. The number of hydrogen-bond acceptors (Lipinski definition) is 3. The Bertz CT molecular complexity index is 503. The molecule has 1 aromatic carbocycles. The molecule has 0 unspecified atom stereocenters. The summed E-state index contributed by atoms with van der Waals surface area (Å²) in [6.07, 6.45) is 2.91. The summed E-state index contributed by atoms with van der Waals surface area (Å²) in [6.45, 7) is 4.19. The zero-order valence-corrected chi connectivity index (χ0v) is 10.5. The Labute approximate surface area is 102 Å². The van der Waals surface area contributed by atoms with E-state index in [0.717, 1.165) is 23.2 Å². The summed E-state index contributed by atoms with van der Waals surface area (Å²) in [4.78, 5) is 8.69. The lowest BCUT2D eigenvalue weighted by Gasteiger charge is -2.07. The molecule has 0 saturated heterocycles. The molecule has 2 aromatic rings. The quantitative estimate of drug-likeness (QED) is 0.875. The first-order valence-corrected chi connectivity index (χ1v) is 5.85. The molecule has 88 valence electrons. The van der Waals surface area contributed by atoms with Gasteiger partial charge in [0, 0.05) is 18.8 Å². The van der Waals surface area contributed by atoms with E-state index in [1.54, 1.807) is 0 Å². The van der Waals surface area contributed by atoms with Gasteiger partial charge in [-0.15, -0.1) is 0 Å². The van der Waals surface area contributed by atoms with Gasteiger partial charge >= 0.3 is 0 Å². The van der Waals surface area contributed by atoms with Crippen molar-refractivity contribution < 1.29 is 0 Å². The van der Waals surface area contributed by atoms with Crippen LogP contribution >= 0.6 is 0 Å². The van der Waals surface area contributed by atoms with Crippen LogP contribution in [0.2, 0.25) is 0 Å². The van der Waals surface area contributed by atoms with Crippen LogP contribution in [0.3, 0.4) is 0 Å². The first kappa shape index (κ1) is 11.6. The van der Waals surface area contributed by atoms with Crippen LogP contribution < -0.4 is 5.32 Å². The van der Waals surface area contributed by atoms with Gasteiger partial charge in [-0.1, -0.05) is 31.2 Å². The highest BCUT2D eigenvalue weighted by atomic mass is 15.1. The highest BCUT2D eigenvalue weighted by Gasteiger charge is 2.05. The van der Waals surface area contributed by atoms with E-state index in [1.807, 2.05) is 20.2 Å². The second-order valence-electron chi connectivity index (χ2n) is 4.03. The largest absolute Gasteiger partial charge is 0.357 e. The Balaban J connectivity index is 2.43. The molecule has 0 radical (unpaired) electrons. The molecule has 1 N–H and O–H groups in total. The van der Waals surface area contributed by atoms with Gasteiger partial charge in [0.25, 0.3) is 0 Å². The van der Waals surface area contributed by atoms with E-state index >= 15 is 0 Å². The Morgan fingerprint density at radius 3 is 2.47 bits per heavy atom. The number of aromatic nitrogens is 2. The summed E-state index contributed by atoms with van der Waals surface area (Å²) in [6, 6.07) is 8.53. The minimum atomic E-state index is 0.658. The molecule has 0 saturated carbocycles. The number of rotatable bonds is 3. The Hall–Kier alpha value is -1.90. The van der Waals surface area contributed by atoms with E-state index in [-0.39, 0.29) is 0 Å². The zero-order valence-electron chi connectivity index (χ0n) is 10.5. The molecule has 2 rings (SSSR count). The lowest BCUT2D eigenvalue weighted by atomic mass is 10.1. The standard InChI is InChI=1S/C14H17N3/c1-4-11-5-7-12(8-6-11)13-10(2)9-16-14(15-3)17-13/h5-9H,4H2,1-3H3,(H,15,16,17). The normalized spacial score (nSPS) is 10.3. The minimum Gasteiger partial charge on any atom is -0.357 e. The second-order valence-corrected chi connectivity index (χ2v) is 4.03. The maximum atomic E-state index is 4.49. The van der Waals surface area contributed by atoms with Gasteiger partial charge in [-0.3, -0.25) is 0 Å². The van der Waals surface area contributed by atoms with Gasteiger partial charge < -0.3 is 5.32 Å². The average molecular weight is 227 g/mol. The highest BCUT2D eigenvalue weighted by molar-refractivity contribution is 5.63. The van der Waals surface area contributed by atoms with Crippen molar-refractivity contribution in [1.29, 1.82) is 0 Å². The zero-order chi connectivity index (χ0) is 12.3. The molecule has 3 nitrogen and oxygen atoms in total. The molecule has 0 bridgehead atoms. The van der Waals surface area contributed by atoms with Crippen LogP contribution in [0.4, 0.5) is 5.95 Å². The molecule has 17 heavy (non-hydrogen) atoms. The van der Waals surface area contributed by atoms with Gasteiger partial charge in [-0.25, -0.2) is 9.97 Å². The van der Waals surface area contributed by atoms with Gasteiger partial charge in [0.05, 0.1) is 5.69 Å². The molecule has 0 fully saturated rings. The van der Waals surface area contributed by atoms with E-state index in [0.29, 0.717) is 5.95 Å². The Morgan fingerprint density at radius 2 is 1.88 bits per heavy atom. The molecule has 0 atom stereocenters. The van der Waals surface area contributed by atoms with Gasteiger partial charge in [-0.05, 0) is 24.5 Å². The molecule has 0 spiro atoms. The fourth-order valence-electron chi connectivity index (χ4n) is 1.75. The van der Waals surface area contributed by atoms with Crippen molar-refractivity contribution >= 4 is 5.95 Å². The van der Waals surface area contributed by atoms with Crippen LogP contribution in [-0.2, 0) is 6.42 Å². The molecular weight excluding hydrogens is 210 g/mol. The van der Waals surface area contributed by atoms with Crippen molar-refractivity contribution in [2.45, 2.75) is 20.3 Å². The van der Waals surface area contributed by atoms with Crippen LogP contribution in [0.1, 0.15) is 18.1 Å². The first-order chi connectivity index (χ1) is 8.24. The van der Waals surface area contributed by atoms with Gasteiger partial charge in [0.1, 0.15) is 0 Å². The molecule has 1 aromatic heterocycles. The highest BCUT2D eigenvalue weighted by Crippen LogP contribution is 2.22. The lowest BCUT2D eigenvalue weighted by Crippen LogP contribution is -1.99. The maximum absolute atomic E-state index is 4.49. The van der Waals surface area contributed by atoms with Crippen molar-refractivity contribution in [1.82, 2.24) is 9.97 Å². The minimum absolute atomic E-state index is 0.658. The van der Waals surface area contributed by atoms with Crippen LogP contribution in [0.15, 0.2) is 30.5 Å². The Morgan fingerprint density at radius 1 is 1.18 bits per heavy atom. The third kappa shape index (κ3) is 2.44. The molecule has 1 heterocycles. The molecule has 0 aliphatic heterocycles. The number of aryl methyl sites for hydroxylation is 2. The van der Waals surface area contributed by atoms with E-state index in [2.05, 4.69) is 46.5 Å². The summed E-state index contributed by atoms with van der Waals surface area (Å²) in [5.41, 5.74) is 4.56. The van der Waals surface area contributed by atoms with Gasteiger partial charge in [0.15, 0.2) is 0 Å². The fourth-order valence-corrected chi connectivity index (χ4v) is 1.75. The summed E-state index contributed by atoms with van der Waals surface area (Å²) >= 11 is 0. The van der Waals surface area contributed by atoms with E-state index < -0.39 is 0 Å². The maximum Gasteiger partial charge on any atom is 0.222 e. The molecule has 0 aliphatic carbocycles. The number of benzene rings is 1. The van der Waals surface area contributed by atoms with Crippen molar-refractivity contribution in [3.05, 3.63) is 41.6 Å². The second kappa shape index (κ2) is 4.95. The van der Waals surface area contributed by atoms with Crippen molar-refractivity contribution in [2.75, 3.05) is 12.4 Å². The van der Waals surface area contributed by atoms with Crippen molar-refractivity contribution in [3.63, 3.8) is 0 Å². The SMILES string of the molecule is CCc1ccc(-c2nc(NC)ncc2C)cc1. The van der Waals surface area contributed by atoms with Crippen LogP contribution in [-0.4, -0.2) is 17.0 Å². The van der Waals surface area contributed by atoms with Crippen LogP contribution in [0.25, 0.3) is 11.3 Å². The third-order valence-electron chi connectivity index (χ3n) is 2.83. The summed E-state index contributed by atoms with van der Waals surface area (Å²) < 4.78 is 0. The van der Waals surface area contributed by atoms with E-state index in [1.165, 1.54) is 5.56 Å². The predicted octanol–water partition coefficient (Wildman–Crippen LogP) is 3.06. The van der Waals surface area contributed by atoms with E-state index in [9.17, 15) is 0 Å². The lowest BCUT2D eigenvalue weighted by molar-refractivity contribution is 1.12. The van der Waals surface area contributed by atoms with Crippen LogP contribution in [0, 0.1) is 6.92 Å². The predicted molar refractivity (Wildman–Crippen MR) is 71.1 cm³/mol. The van der Waals surface area contributed by atoms with Gasteiger partial charge in [0.2, 0.25) is 5.95 Å². The summed E-state index contributed by atoms with van der Waals surface area (Å²) in [5.74, 6) is 0.658. The number of nitrogens with one attached hydrogen (secondary N) is 1. The number of anilines is 1. The summed E-state index contributed by atoms with van der Waals surface area (Å²) in [5, 5.41) is 2.96. The molecule has 0 amide bonds. The number of nitrogens with zero attached hydrogens (tertiary/aromatic N) is 2. The smallest absolute Gasteiger partial charge is 0.222 e.